The Kier molecular flexibility index (Phi) is 11.1. The molecule has 8 N–H and O–H groups in total. The van der Waals surface area contributed by atoms with Gasteiger partial charge in [0, 0.05) is 12.2 Å². The van der Waals surface area contributed by atoms with Crippen LogP contribution in [0, 0.1) is 0 Å². The van der Waals surface area contributed by atoms with Gasteiger partial charge in [-0.3, -0.25) is 19.2 Å². The molecular weight excluding hydrogens is 396 g/mol. The number of rotatable bonds is 12. The molecular formula is C15H26N4O8S. The molecule has 0 fully saturated rings. The molecule has 0 aliphatic rings. The molecule has 0 spiro atoms. The molecule has 5 unspecified atom stereocenters. The van der Waals surface area contributed by atoms with Gasteiger partial charge in [-0.15, -0.1) is 0 Å². The molecule has 0 heterocycles. The van der Waals surface area contributed by atoms with Crippen LogP contribution < -0.4 is 21.7 Å². The fourth-order valence-corrected chi connectivity index (χ4v) is 2.10. The van der Waals surface area contributed by atoms with Crippen LogP contribution in [-0.4, -0.2) is 81.0 Å². The Labute approximate surface area is 166 Å². The van der Waals surface area contributed by atoms with E-state index in [1.54, 1.807) is 0 Å². The van der Waals surface area contributed by atoms with E-state index in [-0.39, 0.29) is 12.2 Å². The minimum Gasteiger partial charge on any atom is -0.481 e. The molecule has 0 saturated carbocycles. The molecule has 0 aliphatic carbocycles. The molecule has 0 rings (SSSR count). The van der Waals surface area contributed by atoms with E-state index in [2.05, 4.69) is 28.6 Å². The molecule has 160 valence electrons. The zero-order valence-corrected chi connectivity index (χ0v) is 16.3. The van der Waals surface area contributed by atoms with Crippen LogP contribution >= 0.6 is 12.6 Å². The maximum atomic E-state index is 12.3. The van der Waals surface area contributed by atoms with Gasteiger partial charge in [-0.25, -0.2) is 4.79 Å². The Hall–Kier alpha value is -2.38. The zero-order chi connectivity index (χ0) is 22.0. The van der Waals surface area contributed by atoms with Crippen LogP contribution in [0.25, 0.3) is 0 Å². The first kappa shape index (κ1) is 25.6. The number of hydrogen-bond acceptors (Lipinski definition) is 8. The topological polar surface area (TPSA) is 208 Å². The Morgan fingerprint density at radius 2 is 1.54 bits per heavy atom. The highest BCUT2D eigenvalue weighted by Crippen LogP contribution is 2.01. The van der Waals surface area contributed by atoms with Gasteiger partial charge in [-0.05, 0) is 20.3 Å². The SMILES string of the molecule is CC(NC(=O)C(NC(=O)C(N)CS)C(C)O)C(=O)NC(CCC(=O)O)C(=O)O. The van der Waals surface area contributed by atoms with E-state index in [1.807, 2.05) is 0 Å². The van der Waals surface area contributed by atoms with Crippen LogP contribution in [0.5, 0.6) is 0 Å². The van der Waals surface area contributed by atoms with Crippen LogP contribution in [0.3, 0.4) is 0 Å². The Bertz CT molecular complexity index is 601. The second-order valence-corrected chi connectivity index (χ2v) is 6.44. The monoisotopic (exact) mass is 422 g/mol. The van der Waals surface area contributed by atoms with Gasteiger partial charge < -0.3 is 37.0 Å². The van der Waals surface area contributed by atoms with Gasteiger partial charge in [-0.1, -0.05) is 0 Å². The number of nitrogens with one attached hydrogen (secondary N) is 3. The Balaban J connectivity index is 4.93. The molecule has 12 nitrogen and oxygen atoms in total. The number of carbonyl (C=O) groups excluding carboxylic acids is 3. The lowest BCUT2D eigenvalue weighted by molar-refractivity contribution is -0.143. The van der Waals surface area contributed by atoms with Crippen molar-refractivity contribution in [2.45, 2.75) is 57.0 Å². The second kappa shape index (κ2) is 12.2. The highest BCUT2D eigenvalue weighted by atomic mass is 32.1. The molecule has 0 aliphatic heterocycles. The quantitative estimate of drug-likeness (QED) is 0.151. The molecule has 0 aromatic rings. The first-order valence-corrected chi connectivity index (χ1v) is 8.94. The Morgan fingerprint density at radius 3 is 1.96 bits per heavy atom. The van der Waals surface area contributed by atoms with E-state index in [4.69, 9.17) is 15.9 Å². The van der Waals surface area contributed by atoms with Crippen LogP contribution in [0.1, 0.15) is 26.7 Å². The zero-order valence-electron chi connectivity index (χ0n) is 15.4. The first-order chi connectivity index (χ1) is 12.9. The summed E-state index contributed by atoms with van der Waals surface area (Å²) in [4.78, 5) is 57.8. The summed E-state index contributed by atoms with van der Waals surface area (Å²) >= 11 is 3.85. The highest BCUT2D eigenvalue weighted by molar-refractivity contribution is 7.80. The molecule has 0 aromatic carbocycles. The van der Waals surface area contributed by atoms with Gasteiger partial charge in [0.1, 0.15) is 18.1 Å². The number of carboxylic acid groups (broad SMARTS) is 2. The van der Waals surface area contributed by atoms with Crippen molar-refractivity contribution in [3.8, 4) is 0 Å². The van der Waals surface area contributed by atoms with Crippen LogP contribution in [0.2, 0.25) is 0 Å². The minimum absolute atomic E-state index is 0.00566. The van der Waals surface area contributed by atoms with Crippen molar-refractivity contribution in [1.29, 1.82) is 0 Å². The van der Waals surface area contributed by atoms with Crippen LogP contribution in [0.15, 0.2) is 0 Å². The number of carbonyl (C=O) groups is 5. The minimum atomic E-state index is -1.45. The summed E-state index contributed by atoms with van der Waals surface area (Å²) in [7, 11) is 0. The lowest BCUT2D eigenvalue weighted by Crippen LogP contribution is -2.59. The van der Waals surface area contributed by atoms with Crippen molar-refractivity contribution in [3.63, 3.8) is 0 Å². The average Bonchev–Trinajstić information content (AvgIpc) is 2.60. The second-order valence-electron chi connectivity index (χ2n) is 6.08. The fourth-order valence-electron chi connectivity index (χ4n) is 1.94. The van der Waals surface area contributed by atoms with Crippen LogP contribution in [0.4, 0.5) is 0 Å². The number of thiol groups is 1. The summed E-state index contributed by atoms with van der Waals surface area (Å²) < 4.78 is 0. The van der Waals surface area contributed by atoms with E-state index in [0.717, 1.165) is 0 Å². The Morgan fingerprint density at radius 1 is 0.964 bits per heavy atom. The third-order valence-electron chi connectivity index (χ3n) is 3.61. The van der Waals surface area contributed by atoms with E-state index < -0.39 is 66.4 Å². The van der Waals surface area contributed by atoms with Gasteiger partial charge in [0.25, 0.3) is 0 Å². The normalized spacial score (nSPS) is 16.0. The predicted molar refractivity (Wildman–Crippen MR) is 99.5 cm³/mol. The predicted octanol–water partition coefficient (Wildman–Crippen LogP) is -2.95. The van der Waals surface area contributed by atoms with Crippen molar-refractivity contribution in [3.05, 3.63) is 0 Å². The van der Waals surface area contributed by atoms with Crippen molar-refractivity contribution < 1.29 is 39.3 Å². The molecule has 0 bridgehead atoms. The number of hydrogen-bond donors (Lipinski definition) is 8. The molecule has 5 atom stereocenters. The van der Waals surface area contributed by atoms with Crippen molar-refractivity contribution in [2.75, 3.05) is 5.75 Å². The number of aliphatic carboxylic acids is 2. The van der Waals surface area contributed by atoms with Gasteiger partial charge >= 0.3 is 11.9 Å². The molecule has 13 heteroatoms. The van der Waals surface area contributed by atoms with E-state index >= 15 is 0 Å². The van der Waals surface area contributed by atoms with Gasteiger partial charge in [0.05, 0.1) is 12.1 Å². The lowest BCUT2D eigenvalue weighted by Gasteiger charge is -2.24. The smallest absolute Gasteiger partial charge is 0.326 e. The third-order valence-corrected chi connectivity index (χ3v) is 4.00. The number of aliphatic hydroxyl groups excluding tert-OH is 1. The lowest BCUT2D eigenvalue weighted by atomic mass is 10.1. The summed E-state index contributed by atoms with van der Waals surface area (Å²) in [6.45, 7) is 2.50. The van der Waals surface area contributed by atoms with E-state index in [1.165, 1.54) is 13.8 Å². The molecule has 28 heavy (non-hydrogen) atoms. The number of amides is 3. The standard InChI is InChI=1S/C15H26N4O8S/c1-6(12(23)18-9(15(26)27)3-4-10(21)22)17-14(25)11(7(2)20)19-13(24)8(16)5-28/h6-9,11,20,28H,3-5,16H2,1-2H3,(H,17,25)(H,18,23)(H,19,24)(H,21,22)(H,26,27). The third kappa shape index (κ3) is 9.01. The van der Waals surface area contributed by atoms with Gasteiger partial charge in [-0.2, -0.15) is 12.6 Å². The molecule has 0 aromatic heterocycles. The molecule has 0 radical (unpaired) electrons. The van der Waals surface area contributed by atoms with Gasteiger partial charge in [0.2, 0.25) is 17.7 Å². The summed E-state index contributed by atoms with van der Waals surface area (Å²) in [6, 6.07) is -5.10. The number of carboxylic acids is 2. The maximum absolute atomic E-state index is 12.3. The summed E-state index contributed by atoms with van der Waals surface area (Å²) in [6.07, 6.45) is -2.13. The summed E-state index contributed by atoms with van der Waals surface area (Å²) in [5, 5.41) is 34.0. The number of aliphatic hydroxyl groups is 1. The number of nitrogens with two attached hydrogens (primary N) is 1. The first-order valence-electron chi connectivity index (χ1n) is 8.30. The van der Waals surface area contributed by atoms with Crippen molar-refractivity contribution >= 4 is 42.3 Å². The summed E-state index contributed by atoms with van der Waals surface area (Å²) in [5.41, 5.74) is 5.48. The average molecular weight is 422 g/mol. The van der Waals surface area contributed by atoms with E-state index in [0.29, 0.717) is 0 Å². The van der Waals surface area contributed by atoms with Crippen molar-refractivity contribution in [2.24, 2.45) is 5.73 Å². The fraction of sp³-hybridized carbons (Fsp3) is 0.667. The summed E-state index contributed by atoms with van der Waals surface area (Å²) in [5.74, 6) is -5.15. The van der Waals surface area contributed by atoms with Gasteiger partial charge in [0.15, 0.2) is 0 Å². The molecule has 3 amide bonds. The maximum Gasteiger partial charge on any atom is 0.326 e. The van der Waals surface area contributed by atoms with E-state index in [9.17, 15) is 29.1 Å². The van der Waals surface area contributed by atoms with Crippen LogP contribution in [-0.2, 0) is 24.0 Å². The largest absolute Gasteiger partial charge is 0.481 e. The highest BCUT2D eigenvalue weighted by Gasteiger charge is 2.30. The van der Waals surface area contributed by atoms with Crippen molar-refractivity contribution in [1.82, 2.24) is 16.0 Å². The molecule has 0 saturated heterocycles.